The quantitative estimate of drug-likeness (QED) is 0.811. The third-order valence-electron chi connectivity index (χ3n) is 2.92. The molecule has 0 spiro atoms. The molecule has 1 heterocycles. The first kappa shape index (κ1) is 13.2. The third kappa shape index (κ3) is 2.44. The van der Waals surface area contributed by atoms with Crippen LogP contribution >= 0.6 is 11.6 Å². The molecule has 0 aliphatic carbocycles. The van der Waals surface area contributed by atoms with Gasteiger partial charge in [-0.2, -0.15) is 0 Å². The maximum Gasteiger partial charge on any atom is 0.120 e. The topological polar surface area (TPSA) is 22.1 Å². The highest BCUT2D eigenvalue weighted by atomic mass is 35.5. The first-order chi connectivity index (χ1) is 8.52. The number of aromatic nitrogens is 1. The summed E-state index contributed by atoms with van der Waals surface area (Å²) in [6, 6.07) is 5.88. The Morgan fingerprint density at radius 3 is 2.67 bits per heavy atom. The third-order valence-corrected chi connectivity index (χ3v) is 3.35. The number of hydrogen-bond donors (Lipinski definition) is 0. The normalized spacial score (nSPS) is 11.2. The van der Waals surface area contributed by atoms with E-state index in [4.69, 9.17) is 16.3 Å². The summed E-state index contributed by atoms with van der Waals surface area (Å²) < 4.78 is 5.69. The molecule has 0 amide bonds. The van der Waals surface area contributed by atoms with Crippen molar-refractivity contribution in [3.8, 4) is 5.75 Å². The van der Waals surface area contributed by atoms with Gasteiger partial charge < -0.3 is 4.74 Å². The van der Waals surface area contributed by atoms with Crippen molar-refractivity contribution in [1.29, 1.82) is 0 Å². The monoisotopic (exact) mass is 263 g/mol. The van der Waals surface area contributed by atoms with Crippen molar-refractivity contribution < 1.29 is 4.74 Å². The van der Waals surface area contributed by atoms with E-state index in [1.165, 1.54) is 0 Å². The Hall–Kier alpha value is -1.28. The van der Waals surface area contributed by atoms with Crippen molar-refractivity contribution in [3.05, 3.63) is 34.5 Å². The summed E-state index contributed by atoms with van der Waals surface area (Å²) in [7, 11) is 0. The molecular formula is C15H18ClNO. The molecule has 0 radical (unpaired) electrons. The molecule has 0 aliphatic rings. The predicted molar refractivity (Wildman–Crippen MR) is 76.6 cm³/mol. The van der Waals surface area contributed by atoms with E-state index in [1.54, 1.807) is 0 Å². The van der Waals surface area contributed by atoms with Gasteiger partial charge in [0.25, 0.3) is 0 Å². The van der Waals surface area contributed by atoms with Gasteiger partial charge in [-0.05, 0) is 51.0 Å². The Morgan fingerprint density at radius 1 is 1.33 bits per heavy atom. The summed E-state index contributed by atoms with van der Waals surface area (Å²) in [5.41, 5.74) is 3.05. The van der Waals surface area contributed by atoms with Gasteiger partial charge in [-0.3, -0.25) is 4.98 Å². The molecular weight excluding hydrogens is 246 g/mol. The van der Waals surface area contributed by atoms with E-state index in [0.29, 0.717) is 0 Å². The Kier molecular flexibility index (Phi) is 3.76. The van der Waals surface area contributed by atoms with Crippen LogP contribution in [0, 0.1) is 6.92 Å². The van der Waals surface area contributed by atoms with Gasteiger partial charge >= 0.3 is 0 Å². The number of ether oxygens (including phenoxy) is 1. The lowest BCUT2D eigenvalue weighted by Crippen LogP contribution is -2.05. The lowest BCUT2D eigenvalue weighted by atomic mass is 10.1. The second-order valence-corrected chi connectivity index (χ2v) is 5.07. The summed E-state index contributed by atoms with van der Waals surface area (Å²) in [6.45, 7) is 8.12. The van der Waals surface area contributed by atoms with Crippen molar-refractivity contribution in [2.75, 3.05) is 0 Å². The molecule has 0 aliphatic heterocycles. The highest BCUT2D eigenvalue weighted by Crippen LogP contribution is 2.31. The van der Waals surface area contributed by atoms with Gasteiger partial charge in [0.15, 0.2) is 0 Å². The number of pyridine rings is 1. The Bertz CT molecular complexity index is 578. The van der Waals surface area contributed by atoms with Crippen LogP contribution in [0.1, 0.15) is 32.0 Å². The molecule has 0 unspecified atom stereocenters. The van der Waals surface area contributed by atoms with Crippen LogP contribution in [-0.2, 0) is 6.42 Å². The zero-order valence-electron chi connectivity index (χ0n) is 11.2. The van der Waals surface area contributed by atoms with E-state index in [2.05, 4.69) is 11.9 Å². The lowest BCUT2D eigenvalue weighted by molar-refractivity contribution is 0.243. The molecule has 1 aromatic heterocycles. The standard InChI is InChI=1S/C15H18ClNO/c1-5-12-10(4)17-14-7-6-11(18-9(2)3)8-13(14)15(12)16/h6-9H,5H2,1-4H3. The molecule has 0 N–H and O–H groups in total. The number of benzene rings is 1. The minimum absolute atomic E-state index is 0.158. The molecule has 2 rings (SSSR count). The van der Waals surface area contributed by atoms with E-state index < -0.39 is 0 Å². The minimum Gasteiger partial charge on any atom is -0.491 e. The fourth-order valence-electron chi connectivity index (χ4n) is 2.11. The second kappa shape index (κ2) is 5.15. The second-order valence-electron chi connectivity index (χ2n) is 4.69. The highest BCUT2D eigenvalue weighted by Gasteiger charge is 2.10. The maximum absolute atomic E-state index is 6.46. The number of halogens is 1. The number of fused-ring (bicyclic) bond motifs is 1. The summed E-state index contributed by atoms with van der Waals surface area (Å²) in [5, 5.41) is 1.77. The van der Waals surface area contributed by atoms with Crippen LogP contribution in [-0.4, -0.2) is 11.1 Å². The van der Waals surface area contributed by atoms with Crippen LogP contribution in [0.5, 0.6) is 5.75 Å². The van der Waals surface area contributed by atoms with E-state index in [1.807, 2.05) is 39.0 Å². The fourth-order valence-corrected chi connectivity index (χ4v) is 2.54. The molecule has 3 heteroatoms. The Balaban J connectivity index is 2.61. The predicted octanol–water partition coefficient (Wildman–Crippen LogP) is 4.55. The average Bonchev–Trinajstić information content (AvgIpc) is 2.30. The van der Waals surface area contributed by atoms with Gasteiger partial charge in [-0.1, -0.05) is 18.5 Å². The number of nitrogens with zero attached hydrogens (tertiary/aromatic N) is 1. The smallest absolute Gasteiger partial charge is 0.120 e. The molecule has 2 aromatic rings. The van der Waals surface area contributed by atoms with Crippen molar-refractivity contribution >= 4 is 22.5 Å². The first-order valence-corrected chi connectivity index (χ1v) is 6.66. The molecule has 96 valence electrons. The van der Waals surface area contributed by atoms with Crippen LogP contribution in [0.15, 0.2) is 18.2 Å². The molecule has 0 bridgehead atoms. The molecule has 18 heavy (non-hydrogen) atoms. The van der Waals surface area contributed by atoms with Gasteiger partial charge in [0.1, 0.15) is 5.75 Å². The van der Waals surface area contributed by atoms with Crippen molar-refractivity contribution in [2.24, 2.45) is 0 Å². The SMILES string of the molecule is CCc1c(C)nc2ccc(OC(C)C)cc2c1Cl. The van der Waals surface area contributed by atoms with E-state index >= 15 is 0 Å². The molecule has 0 saturated heterocycles. The van der Waals surface area contributed by atoms with E-state index in [9.17, 15) is 0 Å². The van der Waals surface area contributed by atoms with Crippen LogP contribution in [0.4, 0.5) is 0 Å². The summed E-state index contributed by atoms with van der Waals surface area (Å²) in [4.78, 5) is 4.59. The minimum atomic E-state index is 0.158. The fraction of sp³-hybridized carbons (Fsp3) is 0.400. The maximum atomic E-state index is 6.46. The van der Waals surface area contributed by atoms with Crippen LogP contribution in [0.3, 0.4) is 0 Å². The molecule has 0 atom stereocenters. The summed E-state index contributed by atoms with van der Waals surface area (Å²) in [6.07, 6.45) is 1.05. The average molecular weight is 264 g/mol. The molecule has 0 fully saturated rings. The zero-order valence-corrected chi connectivity index (χ0v) is 12.0. The molecule has 2 nitrogen and oxygen atoms in total. The zero-order chi connectivity index (χ0) is 13.3. The van der Waals surface area contributed by atoms with Gasteiger partial charge in [0.05, 0.1) is 16.6 Å². The number of hydrogen-bond acceptors (Lipinski definition) is 2. The van der Waals surface area contributed by atoms with Crippen molar-refractivity contribution in [2.45, 2.75) is 40.2 Å². The van der Waals surface area contributed by atoms with E-state index in [0.717, 1.165) is 39.4 Å². The van der Waals surface area contributed by atoms with Gasteiger partial charge in [-0.15, -0.1) is 0 Å². The Morgan fingerprint density at radius 2 is 2.06 bits per heavy atom. The van der Waals surface area contributed by atoms with Gasteiger partial charge in [0, 0.05) is 11.1 Å². The Labute approximate surface area is 113 Å². The van der Waals surface area contributed by atoms with Gasteiger partial charge in [-0.25, -0.2) is 0 Å². The lowest BCUT2D eigenvalue weighted by Gasteiger charge is -2.13. The summed E-state index contributed by atoms with van der Waals surface area (Å²) in [5.74, 6) is 0.840. The molecule has 0 saturated carbocycles. The number of rotatable bonds is 3. The highest BCUT2D eigenvalue weighted by molar-refractivity contribution is 6.36. The molecule has 1 aromatic carbocycles. The largest absolute Gasteiger partial charge is 0.491 e. The van der Waals surface area contributed by atoms with E-state index in [-0.39, 0.29) is 6.10 Å². The van der Waals surface area contributed by atoms with Gasteiger partial charge in [0.2, 0.25) is 0 Å². The number of aryl methyl sites for hydroxylation is 1. The summed E-state index contributed by atoms with van der Waals surface area (Å²) >= 11 is 6.46. The van der Waals surface area contributed by atoms with Crippen molar-refractivity contribution in [1.82, 2.24) is 4.98 Å². The first-order valence-electron chi connectivity index (χ1n) is 6.28. The van der Waals surface area contributed by atoms with Crippen molar-refractivity contribution in [3.63, 3.8) is 0 Å². The van der Waals surface area contributed by atoms with Crippen LogP contribution in [0.2, 0.25) is 5.02 Å². The van der Waals surface area contributed by atoms with Crippen LogP contribution < -0.4 is 4.74 Å². The van der Waals surface area contributed by atoms with Crippen LogP contribution in [0.25, 0.3) is 10.9 Å².